The monoisotopic (exact) mass is 240 g/mol. The summed E-state index contributed by atoms with van der Waals surface area (Å²) in [5.74, 6) is 0. The summed E-state index contributed by atoms with van der Waals surface area (Å²) < 4.78 is 0. The number of allylic oxidation sites excluding steroid dienone is 2. The zero-order valence-electron chi connectivity index (χ0n) is 11.2. The minimum absolute atomic E-state index is 0.437. The summed E-state index contributed by atoms with van der Waals surface area (Å²) in [7, 11) is 2.19. The maximum atomic E-state index is 2.53. The molecule has 2 aliphatic rings. The fraction of sp³-hybridized carbons (Fsp3) is 0.375. The van der Waals surface area contributed by atoms with E-state index < -0.39 is 0 Å². The van der Waals surface area contributed by atoms with Crippen molar-refractivity contribution in [2.45, 2.75) is 32.0 Å². The molecule has 0 bridgehead atoms. The Morgan fingerprint density at radius 3 is 2.22 bits per heavy atom. The van der Waals surface area contributed by atoms with Crippen LogP contribution in [0.1, 0.15) is 13.8 Å². The van der Waals surface area contributed by atoms with Crippen molar-refractivity contribution in [3.8, 4) is 0 Å². The van der Waals surface area contributed by atoms with Gasteiger partial charge in [-0.1, -0.05) is 36.4 Å². The van der Waals surface area contributed by atoms with E-state index in [1.54, 1.807) is 0 Å². The number of hydrogen-bond donors (Lipinski definition) is 0. The van der Waals surface area contributed by atoms with Gasteiger partial charge < -0.3 is 9.80 Å². The zero-order valence-corrected chi connectivity index (χ0v) is 11.2. The third kappa shape index (κ3) is 1.56. The van der Waals surface area contributed by atoms with Gasteiger partial charge in [-0.2, -0.15) is 0 Å². The molecule has 0 saturated heterocycles. The predicted octanol–water partition coefficient (Wildman–Crippen LogP) is 3.21. The summed E-state index contributed by atoms with van der Waals surface area (Å²) in [6.45, 7) is 4.54. The third-order valence-electron chi connectivity index (χ3n) is 3.94. The lowest BCUT2D eigenvalue weighted by atomic mass is 9.93. The Morgan fingerprint density at radius 1 is 0.944 bits per heavy atom. The summed E-state index contributed by atoms with van der Waals surface area (Å²) in [5, 5.41) is 0. The number of benzene rings is 1. The summed E-state index contributed by atoms with van der Waals surface area (Å²) in [5.41, 5.74) is 2.67. The van der Waals surface area contributed by atoms with Crippen LogP contribution in [-0.4, -0.2) is 25.2 Å². The van der Waals surface area contributed by atoms with Gasteiger partial charge in [0.1, 0.15) is 0 Å². The van der Waals surface area contributed by atoms with Crippen molar-refractivity contribution >= 4 is 11.4 Å². The fourth-order valence-electron chi connectivity index (χ4n) is 3.12. The molecule has 2 heteroatoms. The second-order valence-corrected chi connectivity index (χ2v) is 5.35. The van der Waals surface area contributed by atoms with Crippen LogP contribution in [0.3, 0.4) is 0 Å². The predicted molar refractivity (Wildman–Crippen MR) is 78.3 cm³/mol. The molecule has 0 spiro atoms. The van der Waals surface area contributed by atoms with E-state index in [9.17, 15) is 0 Å². The highest BCUT2D eigenvalue weighted by Crippen LogP contribution is 2.40. The second kappa shape index (κ2) is 4.20. The number of hydrogen-bond acceptors (Lipinski definition) is 2. The number of anilines is 2. The van der Waals surface area contributed by atoms with E-state index in [1.807, 2.05) is 0 Å². The smallest absolute Gasteiger partial charge is 0.0719 e. The Balaban J connectivity index is 2.15. The van der Waals surface area contributed by atoms with Crippen molar-refractivity contribution in [3.05, 3.63) is 48.6 Å². The molecular weight excluding hydrogens is 220 g/mol. The number of para-hydroxylation sites is 2. The lowest BCUT2D eigenvalue weighted by Gasteiger charge is -2.49. The average molecular weight is 240 g/mol. The van der Waals surface area contributed by atoms with E-state index in [0.29, 0.717) is 18.1 Å². The maximum absolute atomic E-state index is 2.53. The molecule has 3 rings (SSSR count). The first-order valence-corrected chi connectivity index (χ1v) is 6.65. The highest BCUT2D eigenvalue weighted by atomic mass is 15.3. The van der Waals surface area contributed by atoms with Crippen LogP contribution in [0.4, 0.5) is 11.4 Å². The van der Waals surface area contributed by atoms with Gasteiger partial charge in [-0.3, -0.25) is 0 Å². The van der Waals surface area contributed by atoms with Crippen LogP contribution >= 0.6 is 0 Å². The first-order chi connectivity index (χ1) is 8.70. The van der Waals surface area contributed by atoms with Crippen LogP contribution in [0.2, 0.25) is 0 Å². The molecule has 0 aromatic heterocycles. The Bertz CT molecular complexity index is 502. The SMILES string of the molecule is CC(C)N1c2ccccc2N(C)C2C=CC=CC21. The summed E-state index contributed by atoms with van der Waals surface area (Å²) in [6.07, 6.45) is 8.94. The van der Waals surface area contributed by atoms with Crippen molar-refractivity contribution in [1.82, 2.24) is 0 Å². The Kier molecular flexibility index (Phi) is 2.66. The van der Waals surface area contributed by atoms with Gasteiger partial charge >= 0.3 is 0 Å². The maximum Gasteiger partial charge on any atom is 0.0719 e. The number of rotatable bonds is 1. The molecule has 1 aromatic carbocycles. The Morgan fingerprint density at radius 2 is 1.56 bits per heavy atom. The van der Waals surface area contributed by atoms with Gasteiger partial charge in [0.05, 0.1) is 23.5 Å². The molecule has 0 N–H and O–H groups in total. The van der Waals surface area contributed by atoms with Crippen LogP contribution in [0.25, 0.3) is 0 Å². The highest BCUT2D eigenvalue weighted by Gasteiger charge is 2.36. The van der Waals surface area contributed by atoms with Crippen LogP contribution in [0.15, 0.2) is 48.6 Å². The van der Waals surface area contributed by atoms with E-state index in [0.717, 1.165) is 0 Å². The van der Waals surface area contributed by atoms with Crippen molar-refractivity contribution in [1.29, 1.82) is 0 Å². The molecular formula is C16H20N2. The molecule has 0 radical (unpaired) electrons. The normalized spacial score (nSPS) is 25.3. The molecule has 94 valence electrons. The van der Waals surface area contributed by atoms with Crippen molar-refractivity contribution in [2.75, 3.05) is 16.8 Å². The van der Waals surface area contributed by atoms with Crippen molar-refractivity contribution < 1.29 is 0 Å². The van der Waals surface area contributed by atoms with Gasteiger partial charge in [-0.05, 0) is 26.0 Å². The van der Waals surface area contributed by atoms with Gasteiger partial charge in [0.25, 0.3) is 0 Å². The lowest BCUT2D eigenvalue weighted by molar-refractivity contribution is 0.532. The summed E-state index contributed by atoms with van der Waals surface area (Å²) in [6, 6.07) is 10.1. The van der Waals surface area contributed by atoms with E-state index in [4.69, 9.17) is 0 Å². The van der Waals surface area contributed by atoms with Crippen molar-refractivity contribution in [3.63, 3.8) is 0 Å². The molecule has 1 aliphatic carbocycles. The molecule has 0 amide bonds. The fourth-order valence-corrected chi connectivity index (χ4v) is 3.12. The van der Waals surface area contributed by atoms with Gasteiger partial charge in [0.2, 0.25) is 0 Å². The average Bonchev–Trinajstić information content (AvgIpc) is 2.39. The third-order valence-corrected chi connectivity index (χ3v) is 3.94. The molecule has 2 unspecified atom stereocenters. The number of nitrogens with zero attached hydrogens (tertiary/aromatic N) is 2. The molecule has 0 fully saturated rings. The van der Waals surface area contributed by atoms with Gasteiger partial charge in [0.15, 0.2) is 0 Å². The quantitative estimate of drug-likeness (QED) is 0.743. The van der Waals surface area contributed by atoms with E-state index in [-0.39, 0.29) is 0 Å². The second-order valence-electron chi connectivity index (χ2n) is 5.35. The van der Waals surface area contributed by atoms with Gasteiger partial charge in [0, 0.05) is 13.1 Å². The Labute approximate surface area is 109 Å². The summed E-state index contributed by atoms with van der Waals surface area (Å²) in [4.78, 5) is 4.92. The topological polar surface area (TPSA) is 6.48 Å². The molecule has 0 saturated carbocycles. The van der Waals surface area contributed by atoms with Crippen LogP contribution in [0, 0.1) is 0 Å². The van der Waals surface area contributed by atoms with Gasteiger partial charge in [-0.25, -0.2) is 0 Å². The van der Waals surface area contributed by atoms with Gasteiger partial charge in [-0.15, -0.1) is 0 Å². The largest absolute Gasteiger partial charge is 0.364 e. The first-order valence-electron chi connectivity index (χ1n) is 6.65. The van der Waals surface area contributed by atoms with E-state index in [1.165, 1.54) is 11.4 Å². The minimum Gasteiger partial charge on any atom is -0.364 e. The Hall–Kier alpha value is -1.70. The standard InChI is InChI=1S/C16H20N2/c1-12(2)18-15-10-6-4-8-13(15)17(3)14-9-5-7-11-16(14)18/h4-13,15H,1-3H3. The van der Waals surface area contributed by atoms with E-state index in [2.05, 4.69) is 79.3 Å². The lowest BCUT2D eigenvalue weighted by Crippen LogP contribution is -2.56. The number of likely N-dealkylation sites (N-methyl/N-ethyl adjacent to an activating group) is 1. The number of fused-ring (bicyclic) bond motifs is 2. The summed E-state index contributed by atoms with van der Waals surface area (Å²) >= 11 is 0. The molecule has 1 aromatic rings. The molecule has 2 atom stereocenters. The molecule has 18 heavy (non-hydrogen) atoms. The zero-order chi connectivity index (χ0) is 12.7. The van der Waals surface area contributed by atoms with Crippen LogP contribution < -0.4 is 9.80 Å². The minimum atomic E-state index is 0.437. The van der Waals surface area contributed by atoms with E-state index >= 15 is 0 Å². The molecule has 1 heterocycles. The van der Waals surface area contributed by atoms with Crippen molar-refractivity contribution in [2.24, 2.45) is 0 Å². The first kappa shape index (κ1) is 11.4. The highest BCUT2D eigenvalue weighted by molar-refractivity contribution is 5.76. The molecule has 2 nitrogen and oxygen atoms in total. The molecule has 1 aliphatic heterocycles. The van der Waals surface area contributed by atoms with Crippen LogP contribution in [0.5, 0.6) is 0 Å². The van der Waals surface area contributed by atoms with Crippen LogP contribution in [-0.2, 0) is 0 Å².